The van der Waals surface area contributed by atoms with Gasteiger partial charge in [0, 0.05) is 23.6 Å². The molecule has 0 saturated carbocycles. The lowest BCUT2D eigenvalue weighted by atomic mass is 9.98. The van der Waals surface area contributed by atoms with Gasteiger partial charge in [0.1, 0.15) is 11.4 Å². The quantitative estimate of drug-likeness (QED) is 0.758. The van der Waals surface area contributed by atoms with E-state index in [0.717, 1.165) is 35.1 Å². The van der Waals surface area contributed by atoms with Gasteiger partial charge >= 0.3 is 0 Å². The van der Waals surface area contributed by atoms with E-state index in [4.69, 9.17) is 9.47 Å². The van der Waals surface area contributed by atoms with E-state index in [2.05, 4.69) is 12.2 Å². The van der Waals surface area contributed by atoms with Crippen LogP contribution in [0.1, 0.15) is 40.0 Å². The Balaban J connectivity index is 2.35. The minimum absolute atomic E-state index is 0.126. The molecule has 0 radical (unpaired) electrons. The van der Waals surface area contributed by atoms with Crippen molar-refractivity contribution in [2.75, 3.05) is 19.0 Å². The maximum atomic E-state index is 12.7. The lowest BCUT2D eigenvalue weighted by Gasteiger charge is -2.26. The summed E-state index contributed by atoms with van der Waals surface area (Å²) >= 11 is 0. The molecule has 4 heteroatoms. The van der Waals surface area contributed by atoms with Crippen LogP contribution in [0, 0.1) is 0 Å². The van der Waals surface area contributed by atoms with Gasteiger partial charge in [-0.25, -0.2) is 0 Å². The van der Waals surface area contributed by atoms with Crippen molar-refractivity contribution in [3.05, 3.63) is 36.4 Å². The minimum atomic E-state index is -0.826. The summed E-state index contributed by atoms with van der Waals surface area (Å²) in [4.78, 5) is 12.7. The molecule has 0 heterocycles. The summed E-state index contributed by atoms with van der Waals surface area (Å²) in [5, 5.41) is 4.99. The molecule has 0 aliphatic heterocycles. The van der Waals surface area contributed by atoms with E-state index >= 15 is 0 Å². The molecule has 0 aromatic heterocycles. The monoisotopic (exact) mass is 329 g/mol. The predicted molar refractivity (Wildman–Crippen MR) is 98.7 cm³/mol. The van der Waals surface area contributed by atoms with Crippen LogP contribution >= 0.6 is 0 Å². The number of hydrogen-bond donors (Lipinski definition) is 1. The summed E-state index contributed by atoms with van der Waals surface area (Å²) < 4.78 is 11.3. The first-order valence-corrected chi connectivity index (χ1v) is 8.57. The van der Waals surface area contributed by atoms with Gasteiger partial charge in [-0.1, -0.05) is 44.5 Å². The number of benzene rings is 2. The molecule has 0 bridgehead atoms. The summed E-state index contributed by atoms with van der Waals surface area (Å²) in [6.45, 7) is 6.62. The van der Waals surface area contributed by atoms with Crippen molar-refractivity contribution < 1.29 is 14.3 Å². The number of fused-ring (bicyclic) bond motifs is 1. The highest BCUT2D eigenvalue weighted by atomic mass is 16.5. The zero-order chi connectivity index (χ0) is 17.6. The number of ether oxygens (including phenoxy) is 2. The molecule has 1 atom stereocenters. The van der Waals surface area contributed by atoms with Crippen LogP contribution in [0.4, 0.5) is 5.69 Å². The second-order valence-corrected chi connectivity index (χ2v) is 6.14. The number of amides is 1. The zero-order valence-electron chi connectivity index (χ0n) is 15.0. The largest absolute Gasteiger partial charge is 0.493 e. The predicted octanol–water partition coefficient (Wildman–Crippen LogP) is 4.77. The van der Waals surface area contributed by atoms with Crippen molar-refractivity contribution >= 4 is 22.4 Å². The Kier molecular flexibility index (Phi) is 6.21. The van der Waals surface area contributed by atoms with E-state index in [9.17, 15) is 4.79 Å². The molecule has 0 spiro atoms. The zero-order valence-corrected chi connectivity index (χ0v) is 15.0. The SMILES string of the molecule is CCCOc1ccc(NC(=O)[C@@](C)(CCC)OC)c2ccccc12. The van der Waals surface area contributed by atoms with Gasteiger partial charge in [0.25, 0.3) is 5.91 Å². The molecular formula is C20H27NO3. The van der Waals surface area contributed by atoms with Crippen LogP contribution in [0.2, 0.25) is 0 Å². The summed E-state index contributed by atoms with van der Waals surface area (Å²) in [6.07, 6.45) is 2.50. The Morgan fingerprint density at radius 3 is 2.42 bits per heavy atom. The van der Waals surface area contributed by atoms with E-state index < -0.39 is 5.60 Å². The molecule has 0 saturated heterocycles. The summed E-state index contributed by atoms with van der Waals surface area (Å²) in [7, 11) is 1.58. The lowest BCUT2D eigenvalue weighted by Crippen LogP contribution is -2.41. The first-order valence-electron chi connectivity index (χ1n) is 8.57. The van der Waals surface area contributed by atoms with Gasteiger partial charge < -0.3 is 14.8 Å². The van der Waals surface area contributed by atoms with Crippen molar-refractivity contribution in [3.63, 3.8) is 0 Å². The highest BCUT2D eigenvalue weighted by molar-refractivity contribution is 6.06. The molecule has 0 unspecified atom stereocenters. The van der Waals surface area contributed by atoms with Crippen molar-refractivity contribution in [1.29, 1.82) is 0 Å². The van der Waals surface area contributed by atoms with Crippen molar-refractivity contribution in [1.82, 2.24) is 0 Å². The number of hydrogen-bond acceptors (Lipinski definition) is 3. The fourth-order valence-corrected chi connectivity index (χ4v) is 2.76. The third kappa shape index (κ3) is 3.88. The van der Waals surface area contributed by atoms with Gasteiger partial charge in [-0.2, -0.15) is 0 Å². The Bertz CT molecular complexity index is 698. The van der Waals surface area contributed by atoms with Crippen LogP contribution in [0.25, 0.3) is 10.8 Å². The Morgan fingerprint density at radius 2 is 1.79 bits per heavy atom. The first-order chi connectivity index (χ1) is 11.6. The maximum absolute atomic E-state index is 12.7. The van der Waals surface area contributed by atoms with Crippen LogP contribution in [-0.4, -0.2) is 25.2 Å². The third-order valence-electron chi connectivity index (χ3n) is 4.25. The van der Waals surface area contributed by atoms with Gasteiger partial charge in [-0.05, 0) is 31.9 Å². The molecule has 130 valence electrons. The average molecular weight is 329 g/mol. The number of methoxy groups -OCH3 is 1. The molecule has 2 aromatic carbocycles. The Hall–Kier alpha value is -2.07. The van der Waals surface area contributed by atoms with E-state index in [-0.39, 0.29) is 5.91 Å². The molecule has 0 aliphatic carbocycles. The van der Waals surface area contributed by atoms with Gasteiger partial charge in [0.05, 0.1) is 6.61 Å². The van der Waals surface area contributed by atoms with E-state index in [1.54, 1.807) is 7.11 Å². The van der Waals surface area contributed by atoms with Gasteiger partial charge in [-0.3, -0.25) is 4.79 Å². The first kappa shape index (κ1) is 18.3. The molecule has 2 aromatic rings. The summed E-state index contributed by atoms with van der Waals surface area (Å²) in [5.74, 6) is 0.716. The fourth-order valence-electron chi connectivity index (χ4n) is 2.76. The normalized spacial score (nSPS) is 13.5. The molecule has 0 aliphatic rings. The fraction of sp³-hybridized carbons (Fsp3) is 0.450. The van der Waals surface area contributed by atoms with Crippen molar-refractivity contribution in [2.24, 2.45) is 0 Å². The standard InChI is InChI=1S/C20H27NO3/c1-5-13-20(3,23-4)19(22)21-17-11-12-18(24-14-6-2)16-10-8-7-9-15(16)17/h7-12H,5-6,13-14H2,1-4H3,(H,21,22)/t20-/m1/s1. The van der Waals surface area contributed by atoms with Crippen LogP contribution in [0.15, 0.2) is 36.4 Å². The number of nitrogens with one attached hydrogen (secondary N) is 1. The molecule has 2 rings (SSSR count). The number of rotatable bonds is 8. The average Bonchev–Trinajstić information content (AvgIpc) is 2.61. The highest BCUT2D eigenvalue weighted by Gasteiger charge is 2.32. The number of carbonyl (C=O) groups excluding carboxylic acids is 1. The molecule has 24 heavy (non-hydrogen) atoms. The molecule has 4 nitrogen and oxygen atoms in total. The van der Waals surface area contributed by atoms with E-state index in [1.165, 1.54) is 0 Å². The Morgan fingerprint density at radius 1 is 1.08 bits per heavy atom. The molecule has 0 fully saturated rings. The maximum Gasteiger partial charge on any atom is 0.256 e. The van der Waals surface area contributed by atoms with Crippen molar-refractivity contribution in [2.45, 2.75) is 45.6 Å². The third-order valence-corrected chi connectivity index (χ3v) is 4.25. The van der Waals surface area contributed by atoms with Crippen LogP contribution in [0.3, 0.4) is 0 Å². The van der Waals surface area contributed by atoms with Gasteiger partial charge in [-0.15, -0.1) is 0 Å². The van der Waals surface area contributed by atoms with Crippen molar-refractivity contribution in [3.8, 4) is 5.75 Å². The van der Waals surface area contributed by atoms with E-state index in [1.807, 2.05) is 50.2 Å². The lowest BCUT2D eigenvalue weighted by molar-refractivity contribution is -0.136. The highest BCUT2D eigenvalue weighted by Crippen LogP contribution is 2.32. The second-order valence-electron chi connectivity index (χ2n) is 6.14. The summed E-state index contributed by atoms with van der Waals surface area (Å²) in [5.41, 5.74) is -0.0495. The van der Waals surface area contributed by atoms with Gasteiger partial charge in [0.15, 0.2) is 0 Å². The molecule has 1 N–H and O–H groups in total. The number of anilines is 1. The smallest absolute Gasteiger partial charge is 0.256 e. The summed E-state index contributed by atoms with van der Waals surface area (Å²) in [6, 6.07) is 11.8. The molecular weight excluding hydrogens is 302 g/mol. The Labute approximate surface area is 144 Å². The van der Waals surface area contributed by atoms with Crippen LogP contribution in [-0.2, 0) is 9.53 Å². The number of carbonyl (C=O) groups is 1. The van der Waals surface area contributed by atoms with E-state index in [0.29, 0.717) is 13.0 Å². The van der Waals surface area contributed by atoms with Crippen LogP contribution in [0.5, 0.6) is 5.75 Å². The minimum Gasteiger partial charge on any atom is -0.493 e. The second kappa shape index (κ2) is 8.15. The molecule has 1 amide bonds. The topological polar surface area (TPSA) is 47.6 Å². The van der Waals surface area contributed by atoms with Crippen LogP contribution < -0.4 is 10.1 Å². The van der Waals surface area contributed by atoms with Gasteiger partial charge in [0.2, 0.25) is 0 Å².